The lowest BCUT2D eigenvalue weighted by Crippen LogP contribution is -2.27. The third-order valence-corrected chi connectivity index (χ3v) is 3.19. The Morgan fingerprint density at radius 2 is 1.90 bits per heavy atom. The highest BCUT2D eigenvalue weighted by Gasteiger charge is 2.07. The molecule has 0 atom stereocenters. The van der Waals surface area contributed by atoms with Crippen molar-refractivity contribution in [1.82, 2.24) is 9.80 Å². The Morgan fingerprint density at radius 1 is 1.19 bits per heavy atom. The van der Waals surface area contributed by atoms with Crippen LogP contribution in [0.5, 0.6) is 0 Å². The van der Waals surface area contributed by atoms with Crippen molar-refractivity contribution in [2.75, 3.05) is 46.1 Å². The summed E-state index contributed by atoms with van der Waals surface area (Å²) in [4.78, 5) is 16.2. The number of anilines is 1. The molecule has 0 bridgehead atoms. The average Bonchev–Trinajstić information content (AvgIpc) is 2.45. The van der Waals surface area contributed by atoms with Gasteiger partial charge >= 0.3 is 0 Å². The summed E-state index contributed by atoms with van der Waals surface area (Å²) >= 11 is 0. The smallest absolute Gasteiger partial charge is 0.225 e. The first-order chi connectivity index (χ1) is 10.0. The predicted molar refractivity (Wildman–Crippen MR) is 85.1 cm³/mol. The summed E-state index contributed by atoms with van der Waals surface area (Å²) < 4.78 is 0. The van der Waals surface area contributed by atoms with Gasteiger partial charge < -0.3 is 15.1 Å². The molecular weight excluding hydrogens is 264 g/mol. The van der Waals surface area contributed by atoms with E-state index in [-0.39, 0.29) is 5.91 Å². The van der Waals surface area contributed by atoms with Crippen molar-refractivity contribution >= 4 is 11.6 Å². The van der Waals surface area contributed by atoms with E-state index >= 15 is 0 Å². The summed E-state index contributed by atoms with van der Waals surface area (Å²) in [7, 11) is 6.13. The first kappa shape index (κ1) is 17.2. The molecule has 5 heteroatoms. The van der Waals surface area contributed by atoms with Crippen LogP contribution in [0.4, 0.5) is 5.69 Å². The van der Waals surface area contributed by atoms with E-state index in [1.165, 1.54) is 0 Å². The summed E-state index contributed by atoms with van der Waals surface area (Å²) in [6.07, 6.45) is 1.51. The predicted octanol–water partition coefficient (Wildman–Crippen LogP) is 1.77. The largest absolute Gasteiger partial charge is 0.325 e. The van der Waals surface area contributed by atoms with Gasteiger partial charge in [0.2, 0.25) is 5.91 Å². The molecule has 1 aromatic carbocycles. The number of hydrogen-bond donors (Lipinski definition) is 1. The molecule has 1 amide bonds. The van der Waals surface area contributed by atoms with Gasteiger partial charge in [0.15, 0.2) is 0 Å². The fourth-order valence-corrected chi connectivity index (χ4v) is 1.96. The number of hydrogen-bond acceptors (Lipinski definition) is 4. The quantitative estimate of drug-likeness (QED) is 0.792. The first-order valence-electron chi connectivity index (χ1n) is 7.15. The number of carbonyl (C=O) groups excluding carboxylic acids is 1. The highest BCUT2D eigenvalue weighted by atomic mass is 16.1. The van der Waals surface area contributed by atoms with Crippen molar-refractivity contribution in [3.05, 3.63) is 29.8 Å². The maximum atomic E-state index is 11.9. The van der Waals surface area contributed by atoms with E-state index in [9.17, 15) is 4.79 Å². The molecule has 0 spiro atoms. The average molecular weight is 288 g/mol. The van der Waals surface area contributed by atoms with Gasteiger partial charge in [-0.1, -0.05) is 12.1 Å². The van der Waals surface area contributed by atoms with Gasteiger partial charge in [-0.25, -0.2) is 0 Å². The minimum atomic E-state index is -0.0582. The molecule has 1 rings (SSSR count). The summed E-state index contributed by atoms with van der Waals surface area (Å²) in [5, 5.41) is 11.8. The SMILES string of the molecule is CN(C)CCCN(C)CCC(=O)Nc1ccccc1C#N. The van der Waals surface area contributed by atoms with Crippen LogP contribution in [0.2, 0.25) is 0 Å². The molecule has 0 aliphatic rings. The first-order valence-corrected chi connectivity index (χ1v) is 7.15. The van der Waals surface area contributed by atoms with Crippen LogP contribution in [-0.4, -0.2) is 56.5 Å². The number of nitriles is 1. The summed E-state index contributed by atoms with van der Waals surface area (Å²) in [5.74, 6) is -0.0582. The second-order valence-electron chi connectivity index (χ2n) is 5.42. The minimum absolute atomic E-state index is 0.0582. The summed E-state index contributed by atoms with van der Waals surface area (Å²) in [6, 6.07) is 9.11. The van der Waals surface area contributed by atoms with Crippen molar-refractivity contribution in [3.63, 3.8) is 0 Å². The van der Waals surface area contributed by atoms with Gasteiger partial charge in [-0.15, -0.1) is 0 Å². The Hall–Kier alpha value is -1.90. The highest BCUT2D eigenvalue weighted by Crippen LogP contribution is 2.13. The van der Waals surface area contributed by atoms with Crippen LogP contribution in [0, 0.1) is 11.3 Å². The second kappa shape index (κ2) is 9.11. The van der Waals surface area contributed by atoms with Gasteiger partial charge in [0, 0.05) is 13.0 Å². The molecule has 0 heterocycles. The van der Waals surface area contributed by atoms with E-state index in [1.54, 1.807) is 18.2 Å². The topological polar surface area (TPSA) is 59.4 Å². The van der Waals surface area contributed by atoms with Gasteiger partial charge in [0.25, 0.3) is 0 Å². The Labute approximate surface area is 127 Å². The number of amides is 1. The number of nitrogens with zero attached hydrogens (tertiary/aromatic N) is 3. The van der Waals surface area contributed by atoms with Crippen LogP contribution in [0.25, 0.3) is 0 Å². The Bertz CT molecular complexity index is 493. The molecule has 21 heavy (non-hydrogen) atoms. The molecule has 0 aromatic heterocycles. The summed E-state index contributed by atoms with van der Waals surface area (Å²) in [6.45, 7) is 2.74. The van der Waals surface area contributed by atoms with Crippen molar-refractivity contribution in [3.8, 4) is 6.07 Å². The van der Waals surface area contributed by atoms with Crippen molar-refractivity contribution in [1.29, 1.82) is 5.26 Å². The Kier molecular flexibility index (Phi) is 7.44. The number of para-hydroxylation sites is 1. The monoisotopic (exact) mass is 288 g/mol. The molecule has 0 saturated carbocycles. The summed E-state index contributed by atoms with van der Waals surface area (Å²) in [5.41, 5.74) is 1.07. The molecule has 0 unspecified atom stereocenters. The molecule has 1 aromatic rings. The lowest BCUT2D eigenvalue weighted by molar-refractivity contribution is -0.116. The van der Waals surface area contributed by atoms with Gasteiger partial charge in [-0.2, -0.15) is 5.26 Å². The molecule has 0 saturated heterocycles. The Balaban J connectivity index is 2.32. The van der Waals surface area contributed by atoms with Crippen LogP contribution in [0.15, 0.2) is 24.3 Å². The van der Waals surface area contributed by atoms with Crippen molar-refractivity contribution in [2.45, 2.75) is 12.8 Å². The third-order valence-electron chi connectivity index (χ3n) is 3.19. The molecule has 5 nitrogen and oxygen atoms in total. The van der Waals surface area contributed by atoms with Gasteiger partial charge in [-0.05, 0) is 52.8 Å². The van der Waals surface area contributed by atoms with E-state index in [1.807, 2.05) is 13.1 Å². The minimum Gasteiger partial charge on any atom is -0.325 e. The lowest BCUT2D eigenvalue weighted by atomic mass is 10.2. The third kappa shape index (κ3) is 6.89. The molecule has 0 aliphatic heterocycles. The van der Waals surface area contributed by atoms with E-state index < -0.39 is 0 Å². The van der Waals surface area contributed by atoms with Gasteiger partial charge in [0.05, 0.1) is 11.3 Å². The zero-order valence-electron chi connectivity index (χ0n) is 13.1. The van der Waals surface area contributed by atoms with E-state index in [4.69, 9.17) is 5.26 Å². The molecule has 1 N–H and O–H groups in total. The second-order valence-corrected chi connectivity index (χ2v) is 5.42. The standard InChI is InChI=1S/C16H24N4O/c1-19(2)10-6-11-20(3)12-9-16(21)18-15-8-5-4-7-14(15)13-17/h4-5,7-8H,6,9-12H2,1-3H3,(H,18,21). The zero-order valence-corrected chi connectivity index (χ0v) is 13.1. The van der Waals surface area contributed by atoms with Crippen LogP contribution in [0.3, 0.4) is 0 Å². The molecule has 0 fully saturated rings. The number of benzene rings is 1. The fourth-order valence-electron chi connectivity index (χ4n) is 1.96. The van der Waals surface area contributed by atoms with Crippen molar-refractivity contribution in [2.24, 2.45) is 0 Å². The van der Waals surface area contributed by atoms with Crippen molar-refractivity contribution < 1.29 is 4.79 Å². The maximum Gasteiger partial charge on any atom is 0.225 e. The lowest BCUT2D eigenvalue weighted by Gasteiger charge is -2.17. The van der Waals surface area contributed by atoms with Crippen LogP contribution in [-0.2, 0) is 4.79 Å². The molecule has 114 valence electrons. The van der Waals surface area contributed by atoms with Gasteiger partial charge in [-0.3, -0.25) is 4.79 Å². The fraction of sp³-hybridized carbons (Fsp3) is 0.500. The molecular formula is C16H24N4O. The van der Waals surface area contributed by atoms with Crippen LogP contribution in [0.1, 0.15) is 18.4 Å². The zero-order chi connectivity index (χ0) is 15.7. The maximum absolute atomic E-state index is 11.9. The molecule has 0 radical (unpaired) electrons. The van der Waals surface area contributed by atoms with Crippen LogP contribution < -0.4 is 5.32 Å². The number of rotatable bonds is 8. The highest BCUT2D eigenvalue weighted by molar-refractivity contribution is 5.92. The van der Waals surface area contributed by atoms with E-state index in [0.29, 0.717) is 24.2 Å². The number of nitrogens with one attached hydrogen (secondary N) is 1. The van der Waals surface area contributed by atoms with E-state index in [2.05, 4.69) is 35.3 Å². The Morgan fingerprint density at radius 3 is 2.57 bits per heavy atom. The normalized spacial score (nSPS) is 10.7. The van der Waals surface area contributed by atoms with Gasteiger partial charge in [0.1, 0.15) is 6.07 Å². The molecule has 0 aliphatic carbocycles. The van der Waals surface area contributed by atoms with E-state index in [0.717, 1.165) is 19.5 Å². The number of carbonyl (C=O) groups is 1. The van der Waals surface area contributed by atoms with Crippen LogP contribution >= 0.6 is 0 Å².